The van der Waals surface area contributed by atoms with Crippen LogP contribution in [-0.2, 0) is 4.79 Å². The molecule has 9 heteroatoms. The molecule has 0 radical (unpaired) electrons. The number of amides is 1. The lowest BCUT2D eigenvalue weighted by Crippen LogP contribution is -2.20. The Hall–Kier alpha value is -4.01. The fraction of sp³-hybridized carbons (Fsp3) is 0.292. The van der Waals surface area contributed by atoms with Crippen LogP contribution in [0.5, 0.6) is 23.1 Å². The van der Waals surface area contributed by atoms with Gasteiger partial charge in [-0.1, -0.05) is 6.07 Å². The van der Waals surface area contributed by atoms with Gasteiger partial charge >= 0.3 is 0 Å². The van der Waals surface area contributed by atoms with Crippen LogP contribution in [0.4, 0.5) is 17.3 Å². The van der Waals surface area contributed by atoms with Crippen molar-refractivity contribution in [1.82, 2.24) is 9.97 Å². The Bertz CT molecular complexity index is 1120. The van der Waals surface area contributed by atoms with Crippen LogP contribution in [0, 0.1) is 20.8 Å². The van der Waals surface area contributed by atoms with Crippen molar-refractivity contribution < 1.29 is 23.7 Å². The summed E-state index contributed by atoms with van der Waals surface area (Å²) in [5.41, 5.74) is 4.42. The van der Waals surface area contributed by atoms with E-state index >= 15 is 0 Å². The number of aromatic nitrogens is 2. The number of hydrogen-bond acceptors (Lipinski definition) is 8. The summed E-state index contributed by atoms with van der Waals surface area (Å²) in [6, 6.07) is 10.9. The van der Waals surface area contributed by atoms with Gasteiger partial charge < -0.3 is 29.6 Å². The van der Waals surface area contributed by atoms with Gasteiger partial charge in [-0.25, -0.2) is 4.98 Å². The Labute approximate surface area is 193 Å². The molecule has 174 valence electrons. The van der Waals surface area contributed by atoms with Gasteiger partial charge in [-0.05, 0) is 44.0 Å². The second-order valence-corrected chi connectivity index (χ2v) is 7.35. The number of aryl methyl sites for hydroxylation is 3. The number of hydrogen-bond donors (Lipinski definition) is 2. The van der Waals surface area contributed by atoms with Crippen LogP contribution in [-0.4, -0.2) is 43.8 Å². The highest BCUT2D eigenvalue weighted by Gasteiger charge is 2.15. The number of carbonyl (C=O) groups is 1. The topological polar surface area (TPSA) is 104 Å². The van der Waals surface area contributed by atoms with Gasteiger partial charge in [-0.15, -0.1) is 0 Å². The minimum Gasteiger partial charge on any atom is -0.493 e. The van der Waals surface area contributed by atoms with E-state index in [2.05, 4.69) is 27.5 Å². The van der Waals surface area contributed by atoms with Crippen molar-refractivity contribution in [3.05, 3.63) is 53.2 Å². The largest absolute Gasteiger partial charge is 0.493 e. The molecule has 0 bridgehead atoms. The third-order valence-electron chi connectivity index (χ3n) is 4.89. The second kappa shape index (κ2) is 10.5. The zero-order valence-electron chi connectivity index (χ0n) is 19.6. The molecule has 0 aliphatic rings. The van der Waals surface area contributed by atoms with Crippen LogP contribution in [0.2, 0.25) is 0 Å². The molecule has 33 heavy (non-hydrogen) atoms. The lowest BCUT2D eigenvalue weighted by atomic mass is 10.1. The van der Waals surface area contributed by atoms with E-state index in [1.54, 1.807) is 18.2 Å². The molecule has 0 spiro atoms. The van der Waals surface area contributed by atoms with E-state index in [4.69, 9.17) is 18.9 Å². The summed E-state index contributed by atoms with van der Waals surface area (Å²) in [5, 5.41) is 5.93. The molecule has 9 nitrogen and oxygen atoms in total. The van der Waals surface area contributed by atoms with Crippen LogP contribution in [0.25, 0.3) is 0 Å². The van der Waals surface area contributed by atoms with Gasteiger partial charge in [-0.2, -0.15) is 4.98 Å². The predicted molar refractivity (Wildman–Crippen MR) is 126 cm³/mol. The van der Waals surface area contributed by atoms with Crippen molar-refractivity contribution >= 4 is 23.2 Å². The molecule has 2 aromatic carbocycles. The first-order chi connectivity index (χ1) is 15.8. The first-order valence-corrected chi connectivity index (χ1v) is 10.3. The first kappa shape index (κ1) is 23.6. The summed E-state index contributed by atoms with van der Waals surface area (Å²) in [6.45, 7) is 5.68. The number of carbonyl (C=O) groups excluding carboxylic acids is 1. The predicted octanol–water partition coefficient (Wildman–Crippen LogP) is 4.19. The molecule has 0 aliphatic carbocycles. The Kier molecular flexibility index (Phi) is 7.55. The average Bonchev–Trinajstić information content (AvgIpc) is 2.79. The van der Waals surface area contributed by atoms with Gasteiger partial charge in [0.05, 0.1) is 21.3 Å². The maximum atomic E-state index is 12.5. The zero-order valence-corrected chi connectivity index (χ0v) is 19.6. The molecule has 0 saturated carbocycles. The molecule has 1 heterocycles. The molecule has 0 aliphatic heterocycles. The van der Waals surface area contributed by atoms with Crippen LogP contribution < -0.4 is 29.6 Å². The first-order valence-electron chi connectivity index (χ1n) is 10.3. The quantitative estimate of drug-likeness (QED) is 0.498. The van der Waals surface area contributed by atoms with Crippen molar-refractivity contribution in [3.63, 3.8) is 0 Å². The molecule has 1 aromatic heterocycles. The van der Waals surface area contributed by atoms with Crippen molar-refractivity contribution in [2.75, 3.05) is 38.6 Å². The van der Waals surface area contributed by atoms with Crippen LogP contribution >= 0.6 is 0 Å². The third-order valence-corrected chi connectivity index (χ3v) is 4.89. The normalized spacial score (nSPS) is 10.4. The summed E-state index contributed by atoms with van der Waals surface area (Å²) in [7, 11) is 4.53. The molecule has 3 aromatic rings. The van der Waals surface area contributed by atoms with Crippen molar-refractivity contribution in [2.24, 2.45) is 0 Å². The van der Waals surface area contributed by atoms with Crippen molar-refractivity contribution in [2.45, 2.75) is 20.8 Å². The minimum atomic E-state index is -0.371. The van der Waals surface area contributed by atoms with Gasteiger partial charge in [0.25, 0.3) is 5.91 Å². The third kappa shape index (κ3) is 6.03. The fourth-order valence-corrected chi connectivity index (χ4v) is 3.11. The zero-order chi connectivity index (χ0) is 24.0. The Morgan fingerprint density at radius 1 is 0.848 bits per heavy atom. The van der Waals surface area contributed by atoms with Crippen LogP contribution in [0.1, 0.15) is 16.8 Å². The monoisotopic (exact) mass is 452 g/mol. The molecule has 0 saturated heterocycles. The fourth-order valence-electron chi connectivity index (χ4n) is 3.11. The molecule has 0 atom stereocenters. The van der Waals surface area contributed by atoms with E-state index < -0.39 is 0 Å². The standard InChI is InChI=1S/C24H28N4O5/c1-14-7-8-17(9-15(14)2)27-24-25-16(3)10-22(28-24)33-13-21(29)26-18-11-19(30-4)23(32-6)20(12-18)31-5/h7-12H,13H2,1-6H3,(H,26,29)(H,25,27,28). The summed E-state index contributed by atoms with van der Waals surface area (Å²) in [5.74, 6) is 1.61. The maximum absolute atomic E-state index is 12.5. The van der Waals surface area contributed by atoms with E-state index in [-0.39, 0.29) is 18.4 Å². The van der Waals surface area contributed by atoms with E-state index in [1.165, 1.54) is 26.9 Å². The van der Waals surface area contributed by atoms with E-state index in [0.29, 0.717) is 34.6 Å². The average molecular weight is 453 g/mol. The molecule has 1 amide bonds. The number of nitrogens with zero attached hydrogens (tertiary/aromatic N) is 2. The SMILES string of the molecule is COc1cc(NC(=O)COc2cc(C)nc(Nc3ccc(C)c(C)c3)n2)cc(OC)c1OC. The molecule has 0 unspecified atom stereocenters. The second-order valence-electron chi connectivity index (χ2n) is 7.35. The smallest absolute Gasteiger partial charge is 0.262 e. The Morgan fingerprint density at radius 3 is 2.15 bits per heavy atom. The highest BCUT2D eigenvalue weighted by molar-refractivity contribution is 5.92. The maximum Gasteiger partial charge on any atom is 0.262 e. The molecular formula is C24H28N4O5. The van der Waals surface area contributed by atoms with Gasteiger partial charge in [0, 0.05) is 35.3 Å². The summed E-state index contributed by atoms with van der Waals surface area (Å²) in [4.78, 5) is 21.2. The highest BCUT2D eigenvalue weighted by atomic mass is 16.5. The van der Waals surface area contributed by atoms with Crippen molar-refractivity contribution in [3.8, 4) is 23.1 Å². The summed E-state index contributed by atoms with van der Waals surface area (Å²) in [6.07, 6.45) is 0. The van der Waals surface area contributed by atoms with E-state index in [9.17, 15) is 4.79 Å². The van der Waals surface area contributed by atoms with Gasteiger partial charge in [0.1, 0.15) is 0 Å². The molecular weight excluding hydrogens is 424 g/mol. The van der Waals surface area contributed by atoms with Gasteiger partial charge in [0.2, 0.25) is 17.6 Å². The number of nitrogens with one attached hydrogen (secondary N) is 2. The number of benzene rings is 2. The molecule has 3 rings (SSSR count). The van der Waals surface area contributed by atoms with E-state index in [1.807, 2.05) is 32.0 Å². The van der Waals surface area contributed by atoms with Gasteiger partial charge in [-0.3, -0.25) is 4.79 Å². The number of ether oxygens (including phenoxy) is 4. The summed E-state index contributed by atoms with van der Waals surface area (Å²) >= 11 is 0. The van der Waals surface area contributed by atoms with Crippen LogP contribution in [0.3, 0.4) is 0 Å². The van der Waals surface area contributed by atoms with Crippen LogP contribution in [0.15, 0.2) is 36.4 Å². The van der Waals surface area contributed by atoms with Gasteiger partial charge in [0.15, 0.2) is 18.1 Å². The molecule has 0 fully saturated rings. The Morgan fingerprint density at radius 2 is 1.55 bits per heavy atom. The number of methoxy groups -OCH3 is 3. The number of anilines is 3. The molecule has 2 N–H and O–H groups in total. The summed E-state index contributed by atoms with van der Waals surface area (Å²) < 4.78 is 21.5. The van der Waals surface area contributed by atoms with E-state index in [0.717, 1.165) is 11.3 Å². The van der Waals surface area contributed by atoms with Crippen molar-refractivity contribution in [1.29, 1.82) is 0 Å². The Balaban J connectivity index is 1.67. The highest BCUT2D eigenvalue weighted by Crippen LogP contribution is 2.39. The minimum absolute atomic E-state index is 0.240. The number of rotatable bonds is 9. The lowest BCUT2D eigenvalue weighted by Gasteiger charge is -2.15. The lowest BCUT2D eigenvalue weighted by molar-refractivity contribution is -0.118.